The lowest BCUT2D eigenvalue weighted by molar-refractivity contribution is 0.598. The minimum atomic E-state index is 0.457. The van der Waals surface area contributed by atoms with E-state index in [2.05, 4.69) is 12.2 Å². The summed E-state index contributed by atoms with van der Waals surface area (Å²) in [6.07, 6.45) is 1.08. The van der Waals surface area contributed by atoms with Crippen LogP contribution in [0, 0.1) is 0 Å². The maximum atomic E-state index is 5.34. The predicted molar refractivity (Wildman–Crippen MR) is 41.9 cm³/mol. The van der Waals surface area contributed by atoms with Gasteiger partial charge in [0.15, 0.2) is 11.8 Å². The Hall–Kier alpha value is -1.12. The van der Waals surface area contributed by atoms with Gasteiger partial charge < -0.3 is 15.5 Å². The van der Waals surface area contributed by atoms with Crippen LogP contribution in [-0.4, -0.2) is 6.54 Å². The third-order valence-electron chi connectivity index (χ3n) is 1.18. The van der Waals surface area contributed by atoms with Crippen LogP contribution >= 0.6 is 0 Å². The van der Waals surface area contributed by atoms with Crippen LogP contribution in [0.4, 0.5) is 11.8 Å². The fraction of sp³-hybridized carbons (Fsp3) is 0.429. The molecule has 3 nitrogen and oxygen atoms in total. The highest BCUT2D eigenvalue weighted by Crippen LogP contribution is 2.13. The Balaban J connectivity index is 2.42. The van der Waals surface area contributed by atoms with Gasteiger partial charge in [0, 0.05) is 18.7 Å². The normalized spacial score (nSPS) is 9.70. The minimum Gasteiger partial charge on any atom is -0.426 e. The molecule has 0 aliphatic carbocycles. The van der Waals surface area contributed by atoms with Crippen molar-refractivity contribution in [3.63, 3.8) is 0 Å². The predicted octanol–water partition coefficient (Wildman–Crippen LogP) is 1.68. The van der Waals surface area contributed by atoms with Crippen molar-refractivity contribution in [1.82, 2.24) is 0 Å². The minimum absolute atomic E-state index is 0.457. The Morgan fingerprint density at radius 3 is 2.90 bits per heavy atom. The van der Waals surface area contributed by atoms with Gasteiger partial charge in [-0.05, 0) is 6.42 Å². The van der Waals surface area contributed by atoms with Crippen molar-refractivity contribution >= 4 is 11.8 Å². The quantitative estimate of drug-likeness (QED) is 0.671. The van der Waals surface area contributed by atoms with Crippen LogP contribution in [0.1, 0.15) is 13.3 Å². The number of hydrogen-bond donors (Lipinski definition) is 2. The molecule has 10 heavy (non-hydrogen) atoms. The molecule has 1 heterocycles. The maximum absolute atomic E-state index is 5.34. The first-order chi connectivity index (χ1) is 4.83. The molecular formula is C7H12N2O. The zero-order valence-electron chi connectivity index (χ0n) is 6.05. The topological polar surface area (TPSA) is 51.2 Å². The van der Waals surface area contributed by atoms with Crippen molar-refractivity contribution in [3.05, 3.63) is 12.1 Å². The highest BCUT2D eigenvalue weighted by Gasteiger charge is 1.94. The van der Waals surface area contributed by atoms with Gasteiger partial charge in [0.2, 0.25) is 0 Å². The van der Waals surface area contributed by atoms with Crippen LogP contribution in [0.25, 0.3) is 0 Å². The highest BCUT2D eigenvalue weighted by atomic mass is 16.4. The SMILES string of the molecule is CCCNc1ccc(N)o1. The maximum Gasteiger partial charge on any atom is 0.195 e. The molecule has 3 heteroatoms. The van der Waals surface area contributed by atoms with Gasteiger partial charge in [-0.3, -0.25) is 0 Å². The second kappa shape index (κ2) is 3.15. The Morgan fingerprint density at radius 1 is 1.60 bits per heavy atom. The van der Waals surface area contributed by atoms with Crippen LogP contribution in [0.2, 0.25) is 0 Å². The fourth-order valence-electron chi connectivity index (χ4n) is 0.696. The number of furan rings is 1. The molecule has 0 aliphatic rings. The molecule has 56 valence electrons. The number of rotatable bonds is 3. The first kappa shape index (κ1) is 6.99. The van der Waals surface area contributed by atoms with Gasteiger partial charge in [-0.2, -0.15) is 0 Å². The fourth-order valence-corrected chi connectivity index (χ4v) is 0.696. The molecule has 0 aromatic carbocycles. The van der Waals surface area contributed by atoms with Gasteiger partial charge in [0.1, 0.15) is 0 Å². The van der Waals surface area contributed by atoms with E-state index in [9.17, 15) is 0 Å². The average Bonchev–Trinajstić information content (AvgIpc) is 2.31. The molecule has 0 saturated heterocycles. The van der Waals surface area contributed by atoms with E-state index in [1.54, 1.807) is 6.07 Å². The average molecular weight is 140 g/mol. The van der Waals surface area contributed by atoms with Crippen molar-refractivity contribution in [1.29, 1.82) is 0 Å². The van der Waals surface area contributed by atoms with Gasteiger partial charge in [-0.15, -0.1) is 0 Å². The molecule has 0 amide bonds. The Labute approximate surface area is 60.2 Å². The lowest BCUT2D eigenvalue weighted by Gasteiger charge is -1.96. The van der Waals surface area contributed by atoms with Crippen LogP contribution in [0.5, 0.6) is 0 Å². The number of nitrogens with one attached hydrogen (secondary N) is 1. The summed E-state index contributed by atoms with van der Waals surface area (Å²) >= 11 is 0. The lowest BCUT2D eigenvalue weighted by atomic mass is 10.5. The molecule has 0 bridgehead atoms. The van der Waals surface area contributed by atoms with Crippen LogP contribution in [-0.2, 0) is 0 Å². The summed E-state index contributed by atoms with van der Waals surface area (Å²) < 4.78 is 5.05. The highest BCUT2D eigenvalue weighted by molar-refractivity contribution is 5.39. The lowest BCUT2D eigenvalue weighted by Crippen LogP contribution is -1.97. The first-order valence-corrected chi connectivity index (χ1v) is 3.42. The standard InChI is InChI=1S/C7H12N2O/c1-2-5-9-7-4-3-6(8)10-7/h3-4,9H,2,5,8H2,1H3. The molecule has 0 unspecified atom stereocenters. The molecule has 0 aliphatic heterocycles. The number of anilines is 2. The summed E-state index contributed by atoms with van der Waals surface area (Å²) in [4.78, 5) is 0. The molecule has 1 rings (SSSR count). The third-order valence-corrected chi connectivity index (χ3v) is 1.18. The zero-order valence-corrected chi connectivity index (χ0v) is 6.05. The molecule has 0 radical (unpaired) electrons. The monoisotopic (exact) mass is 140 g/mol. The van der Waals surface area contributed by atoms with E-state index in [-0.39, 0.29) is 0 Å². The molecule has 0 spiro atoms. The van der Waals surface area contributed by atoms with Crippen molar-refractivity contribution in [2.24, 2.45) is 0 Å². The summed E-state index contributed by atoms with van der Waals surface area (Å²) in [5, 5.41) is 3.07. The summed E-state index contributed by atoms with van der Waals surface area (Å²) in [6.45, 7) is 3.02. The smallest absolute Gasteiger partial charge is 0.195 e. The van der Waals surface area contributed by atoms with Crippen LogP contribution in [0.3, 0.4) is 0 Å². The molecule has 1 aromatic heterocycles. The summed E-state index contributed by atoms with van der Waals surface area (Å²) in [5.41, 5.74) is 5.34. The van der Waals surface area contributed by atoms with E-state index >= 15 is 0 Å². The second-order valence-corrected chi connectivity index (χ2v) is 2.13. The molecule has 0 saturated carbocycles. The van der Waals surface area contributed by atoms with E-state index in [0.717, 1.165) is 18.8 Å². The number of nitrogen functional groups attached to an aromatic ring is 1. The van der Waals surface area contributed by atoms with Crippen LogP contribution in [0.15, 0.2) is 16.5 Å². The first-order valence-electron chi connectivity index (χ1n) is 3.42. The molecule has 0 atom stereocenters. The van der Waals surface area contributed by atoms with Crippen molar-refractivity contribution < 1.29 is 4.42 Å². The van der Waals surface area contributed by atoms with Gasteiger partial charge in [0.05, 0.1) is 0 Å². The third kappa shape index (κ3) is 1.69. The molecule has 0 fully saturated rings. The van der Waals surface area contributed by atoms with Gasteiger partial charge in [0.25, 0.3) is 0 Å². The Morgan fingerprint density at radius 2 is 2.40 bits per heavy atom. The van der Waals surface area contributed by atoms with E-state index in [4.69, 9.17) is 10.2 Å². The second-order valence-electron chi connectivity index (χ2n) is 2.13. The van der Waals surface area contributed by atoms with Gasteiger partial charge in [-0.1, -0.05) is 6.92 Å². The summed E-state index contributed by atoms with van der Waals surface area (Å²) in [7, 11) is 0. The number of hydrogen-bond acceptors (Lipinski definition) is 3. The largest absolute Gasteiger partial charge is 0.426 e. The van der Waals surface area contributed by atoms with E-state index in [1.807, 2.05) is 6.07 Å². The van der Waals surface area contributed by atoms with E-state index in [0.29, 0.717) is 5.88 Å². The molecular weight excluding hydrogens is 128 g/mol. The van der Waals surface area contributed by atoms with Gasteiger partial charge in [-0.25, -0.2) is 0 Å². The Bertz CT molecular complexity index is 195. The van der Waals surface area contributed by atoms with E-state index < -0.39 is 0 Å². The van der Waals surface area contributed by atoms with Gasteiger partial charge >= 0.3 is 0 Å². The molecule has 1 aromatic rings. The Kier molecular flexibility index (Phi) is 2.20. The van der Waals surface area contributed by atoms with Crippen molar-refractivity contribution in [2.75, 3.05) is 17.6 Å². The summed E-state index contributed by atoms with van der Waals surface area (Å²) in [5.74, 6) is 1.21. The van der Waals surface area contributed by atoms with Crippen molar-refractivity contribution in [2.45, 2.75) is 13.3 Å². The van der Waals surface area contributed by atoms with E-state index in [1.165, 1.54) is 0 Å². The number of nitrogens with two attached hydrogens (primary N) is 1. The zero-order chi connectivity index (χ0) is 7.40. The van der Waals surface area contributed by atoms with Crippen molar-refractivity contribution in [3.8, 4) is 0 Å². The summed E-state index contributed by atoms with van der Waals surface area (Å²) in [6, 6.07) is 3.56. The molecule has 3 N–H and O–H groups in total. The van der Waals surface area contributed by atoms with Crippen LogP contribution < -0.4 is 11.1 Å².